The zero-order valence-corrected chi connectivity index (χ0v) is 4.55. The first-order chi connectivity index (χ1) is 3.41. The van der Waals surface area contributed by atoms with Crippen LogP contribution in [0.1, 0.15) is 0 Å². The highest BCUT2D eigenvalue weighted by molar-refractivity contribution is 4.22. The van der Waals surface area contributed by atoms with E-state index in [2.05, 4.69) is 16.4 Å². The summed E-state index contributed by atoms with van der Waals surface area (Å²) in [6.45, 7) is 1.29. The van der Waals surface area contributed by atoms with Crippen LogP contribution in [0.4, 0.5) is 0 Å². The van der Waals surface area contributed by atoms with Crippen molar-refractivity contribution in [3.63, 3.8) is 0 Å². The monoisotopic (exact) mass is 107 g/mol. The molecule has 4 heteroatoms. The molecule has 0 aliphatic rings. The Labute approximate surface area is 43.6 Å². The van der Waals surface area contributed by atoms with Crippen LogP contribution in [0.3, 0.4) is 0 Å². The van der Waals surface area contributed by atoms with Crippen molar-refractivity contribution in [1.29, 1.82) is 0 Å². The zero-order valence-electron chi connectivity index (χ0n) is 4.55. The van der Waals surface area contributed by atoms with Crippen molar-refractivity contribution < 1.29 is 4.74 Å². The van der Waals surface area contributed by atoms with Crippen molar-refractivity contribution in [3.05, 3.63) is 0 Å². The largest absolute Gasteiger partial charge is 0.383 e. The Hall–Kier alpha value is -0.160. The molecule has 0 rings (SSSR count). The van der Waals surface area contributed by atoms with Gasteiger partial charge in [-0.3, -0.25) is 11.7 Å². The van der Waals surface area contributed by atoms with E-state index in [0.29, 0.717) is 13.2 Å². The third-order valence-electron chi connectivity index (χ3n) is 0.322. The molecule has 4 nitrogen and oxygen atoms in total. The van der Waals surface area contributed by atoms with E-state index in [1.165, 1.54) is 0 Å². The number of rotatable bonds is 2. The Kier molecular flexibility index (Phi) is 24.1. The highest BCUT2D eigenvalue weighted by Crippen LogP contribution is 1.53. The molecule has 0 amide bonds. The van der Waals surface area contributed by atoms with Gasteiger partial charge in [-0.05, 0) is 0 Å². The number of ether oxygens (including phenoxy) is 1. The number of hydrogen-bond donors (Lipinski definition) is 3. The van der Waals surface area contributed by atoms with Crippen LogP contribution >= 0.6 is 0 Å². The molecule has 0 saturated heterocycles. The molecule has 0 aliphatic carbocycles. The molecule has 0 atom stereocenters. The second-order valence-corrected chi connectivity index (χ2v) is 0.781. The summed E-state index contributed by atoms with van der Waals surface area (Å²) in [5.74, 6) is 8.00. The smallest absolute Gasteiger partial charge is 0.0584 e. The SMILES string of the molecule is COCCN.NN. The Morgan fingerprint density at radius 3 is 1.86 bits per heavy atom. The van der Waals surface area contributed by atoms with Gasteiger partial charge in [0.1, 0.15) is 0 Å². The van der Waals surface area contributed by atoms with Crippen molar-refractivity contribution in [2.24, 2.45) is 17.4 Å². The van der Waals surface area contributed by atoms with Gasteiger partial charge in [0.25, 0.3) is 0 Å². The first-order valence-electron chi connectivity index (χ1n) is 1.94. The van der Waals surface area contributed by atoms with Crippen LogP contribution in [0, 0.1) is 0 Å². The average molecular weight is 107 g/mol. The molecule has 0 aliphatic heterocycles. The zero-order chi connectivity index (χ0) is 6.12. The average Bonchev–Trinajstić information content (AvgIpc) is 1.75. The quantitative estimate of drug-likeness (QED) is 0.293. The topological polar surface area (TPSA) is 87.3 Å². The lowest BCUT2D eigenvalue weighted by atomic mass is 10.7. The van der Waals surface area contributed by atoms with E-state index >= 15 is 0 Å². The van der Waals surface area contributed by atoms with Crippen LogP contribution in [0.2, 0.25) is 0 Å². The molecule has 0 bridgehead atoms. The van der Waals surface area contributed by atoms with E-state index in [-0.39, 0.29) is 0 Å². The van der Waals surface area contributed by atoms with E-state index in [1.807, 2.05) is 0 Å². The molecule has 0 saturated carbocycles. The Balaban J connectivity index is 0. The predicted octanol–water partition coefficient (Wildman–Crippen LogP) is -1.59. The minimum Gasteiger partial charge on any atom is -0.383 e. The number of hydrazine groups is 1. The third kappa shape index (κ3) is 25.4. The maximum atomic E-state index is 5.01. The summed E-state index contributed by atoms with van der Waals surface area (Å²) in [6.07, 6.45) is 0. The fourth-order valence-corrected chi connectivity index (χ4v) is 0.118. The minimum atomic E-state index is 0.622. The number of methoxy groups -OCH3 is 1. The highest BCUT2D eigenvalue weighted by Gasteiger charge is 1.65. The lowest BCUT2D eigenvalue weighted by molar-refractivity contribution is 0.207. The first-order valence-corrected chi connectivity index (χ1v) is 1.94. The molecule has 0 aromatic rings. The summed E-state index contributed by atoms with van der Waals surface area (Å²) in [5, 5.41) is 0. The summed E-state index contributed by atoms with van der Waals surface area (Å²) in [7, 11) is 1.63. The first kappa shape index (κ1) is 9.96. The molecule has 7 heavy (non-hydrogen) atoms. The summed E-state index contributed by atoms with van der Waals surface area (Å²) in [5.41, 5.74) is 5.01. The number of hydrogen-bond acceptors (Lipinski definition) is 4. The van der Waals surface area contributed by atoms with Crippen molar-refractivity contribution in [2.75, 3.05) is 20.3 Å². The molecule has 0 aromatic heterocycles. The van der Waals surface area contributed by atoms with Crippen LogP contribution < -0.4 is 17.4 Å². The second-order valence-electron chi connectivity index (χ2n) is 0.781. The molecular formula is C3H13N3O. The van der Waals surface area contributed by atoms with Crippen LogP contribution in [-0.2, 0) is 4.74 Å². The van der Waals surface area contributed by atoms with E-state index in [9.17, 15) is 0 Å². The summed E-state index contributed by atoms with van der Waals surface area (Å²) in [4.78, 5) is 0. The molecule has 0 unspecified atom stereocenters. The van der Waals surface area contributed by atoms with Crippen molar-refractivity contribution in [1.82, 2.24) is 0 Å². The molecule has 0 fully saturated rings. The van der Waals surface area contributed by atoms with Gasteiger partial charge in [-0.15, -0.1) is 0 Å². The lowest BCUT2D eigenvalue weighted by Crippen LogP contribution is -2.05. The van der Waals surface area contributed by atoms with E-state index < -0.39 is 0 Å². The molecule has 6 N–H and O–H groups in total. The van der Waals surface area contributed by atoms with Gasteiger partial charge in [0.2, 0.25) is 0 Å². The molecule has 0 radical (unpaired) electrons. The highest BCUT2D eigenvalue weighted by atomic mass is 16.5. The second kappa shape index (κ2) is 17.0. The molecule has 46 valence electrons. The fourth-order valence-electron chi connectivity index (χ4n) is 0.118. The summed E-state index contributed by atoms with van der Waals surface area (Å²) < 4.78 is 4.57. The van der Waals surface area contributed by atoms with Crippen LogP contribution in [0.5, 0.6) is 0 Å². The van der Waals surface area contributed by atoms with Crippen molar-refractivity contribution >= 4 is 0 Å². The summed E-state index contributed by atoms with van der Waals surface area (Å²) >= 11 is 0. The predicted molar refractivity (Wildman–Crippen MR) is 29.3 cm³/mol. The molecule has 0 aromatic carbocycles. The Bertz CT molecular complexity index is 17.7. The van der Waals surface area contributed by atoms with Gasteiger partial charge in [0.05, 0.1) is 6.61 Å². The van der Waals surface area contributed by atoms with Gasteiger partial charge < -0.3 is 10.5 Å². The standard InChI is InChI=1S/C3H9NO.H4N2/c1-5-3-2-4;1-2/h2-4H2,1H3;1-2H2. The van der Waals surface area contributed by atoms with E-state index in [4.69, 9.17) is 5.73 Å². The van der Waals surface area contributed by atoms with Crippen molar-refractivity contribution in [2.45, 2.75) is 0 Å². The van der Waals surface area contributed by atoms with Gasteiger partial charge in [-0.25, -0.2) is 0 Å². The maximum absolute atomic E-state index is 5.01. The minimum absolute atomic E-state index is 0.622. The van der Waals surface area contributed by atoms with Gasteiger partial charge in [-0.1, -0.05) is 0 Å². The Morgan fingerprint density at radius 2 is 1.86 bits per heavy atom. The fraction of sp³-hybridized carbons (Fsp3) is 1.00. The van der Waals surface area contributed by atoms with Gasteiger partial charge in [0, 0.05) is 13.7 Å². The third-order valence-corrected chi connectivity index (χ3v) is 0.322. The van der Waals surface area contributed by atoms with Crippen LogP contribution in [-0.4, -0.2) is 20.3 Å². The lowest BCUT2D eigenvalue weighted by Gasteiger charge is -1.85. The molecular weight excluding hydrogens is 94.1 g/mol. The molecule has 0 heterocycles. The van der Waals surface area contributed by atoms with E-state index in [0.717, 1.165) is 0 Å². The van der Waals surface area contributed by atoms with Gasteiger partial charge in [0.15, 0.2) is 0 Å². The van der Waals surface area contributed by atoms with Crippen molar-refractivity contribution in [3.8, 4) is 0 Å². The van der Waals surface area contributed by atoms with Gasteiger partial charge >= 0.3 is 0 Å². The van der Waals surface area contributed by atoms with Crippen LogP contribution in [0.25, 0.3) is 0 Å². The normalized spacial score (nSPS) is 6.86. The maximum Gasteiger partial charge on any atom is 0.0584 e. The Morgan fingerprint density at radius 1 is 1.43 bits per heavy atom. The van der Waals surface area contributed by atoms with Crippen LogP contribution in [0.15, 0.2) is 0 Å². The number of nitrogens with two attached hydrogens (primary N) is 3. The molecule has 0 spiro atoms. The summed E-state index contributed by atoms with van der Waals surface area (Å²) in [6, 6.07) is 0. The van der Waals surface area contributed by atoms with E-state index in [1.54, 1.807) is 7.11 Å². The van der Waals surface area contributed by atoms with Gasteiger partial charge in [-0.2, -0.15) is 0 Å².